The van der Waals surface area contributed by atoms with Gasteiger partial charge in [-0.25, -0.2) is 0 Å². The predicted octanol–water partition coefficient (Wildman–Crippen LogP) is 5.38. The summed E-state index contributed by atoms with van der Waals surface area (Å²) in [6.45, 7) is 5.21. The molecule has 0 aromatic heterocycles. The third kappa shape index (κ3) is 3.04. The van der Waals surface area contributed by atoms with Crippen LogP contribution < -0.4 is 10.6 Å². The van der Waals surface area contributed by atoms with Crippen LogP contribution in [-0.4, -0.2) is 11.4 Å². The molecule has 1 heterocycles. The van der Waals surface area contributed by atoms with Crippen LogP contribution in [0.4, 0.5) is 11.4 Å². The van der Waals surface area contributed by atoms with Crippen molar-refractivity contribution in [2.24, 2.45) is 10.9 Å². The molecule has 2 unspecified atom stereocenters. The zero-order chi connectivity index (χ0) is 17.3. The van der Waals surface area contributed by atoms with Crippen molar-refractivity contribution >= 4 is 17.2 Å². The van der Waals surface area contributed by atoms with E-state index in [9.17, 15) is 0 Å². The van der Waals surface area contributed by atoms with Crippen LogP contribution in [0.1, 0.15) is 43.7 Å². The van der Waals surface area contributed by atoms with Gasteiger partial charge in [-0.1, -0.05) is 61.7 Å². The smallest absolute Gasteiger partial charge is 0.127 e. The first-order chi connectivity index (χ1) is 12.2. The maximum Gasteiger partial charge on any atom is 0.127 e. The number of aryl methyl sites for hydroxylation is 1. The Morgan fingerprint density at radius 3 is 2.56 bits per heavy atom. The fraction of sp³-hybridized carbons (Fsp3) is 0.409. The van der Waals surface area contributed by atoms with Gasteiger partial charge in [0.15, 0.2) is 0 Å². The lowest BCUT2D eigenvalue weighted by Gasteiger charge is -2.48. The maximum absolute atomic E-state index is 5.05. The second kappa shape index (κ2) is 6.55. The van der Waals surface area contributed by atoms with E-state index in [-0.39, 0.29) is 5.54 Å². The van der Waals surface area contributed by atoms with E-state index in [4.69, 9.17) is 4.99 Å². The highest BCUT2D eigenvalue weighted by atomic mass is 15.2. The molecular formula is C22H27N3. The van der Waals surface area contributed by atoms with E-state index >= 15 is 0 Å². The van der Waals surface area contributed by atoms with Crippen LogP contribution >= 0.6 is 0 Å². The molecule has 2 aromatic rings. The lowest BCUT2D eigenvalue weighted by Crippen LogP contribution is -2.58. The summed E-state index contributed by atoms with van der Waals surface area (Å²) < 4.78 is 0. The summed E-state index contributed by atoms with van der Waals surface area (Å²) >= 11 is 0. The number of nitrogens with one attached hydrogen (secondary N) is 2. The molecule has 25 heavy (non-hydrogen) atoms. The number of nitrogens with zero attached hydrogens (tertiary/aromatic N) is 1. The molecule has 0 saturated heterocycles. The van der Waals surface area contributed by atoms with Gasteiger partial charge in [-0.3, -0.25) is 4.99 Å². The molecular weight excluding hydrogens is 306 g/mol. The molecule has 0 amide bonds. The van der Waals surface area contributed by atoms with Gasteiger partial charge in [-0.15, -0.1) is 0 Å². The van der Waals surface area contributed by atoms with Crippen molar-refractivity contribution in [1.82, 2.24) is 0 Å². The molecule has 2 aliphatic rings. The minimum absolute atomic E-state index is 0.0582. The standard InChI is InChI=1S/C22H27N3/c1-16-10-12-18(13-11-16)15-23-21-22(14-6-5-7-17(22)2)25-20-9-4-3-8-19(20)24-21/h3-4,8-13,17,25H,5-7,14-15H2,1-2H3,(H,23,24). The van der Waals surface area contributed by atoms with Gasteiger partial charge < -0.3 is 10.6 Å². The van der Waals surface area contributed by atoms with Gasteiger partial charge in [0.2, 0.25) is 0 Å². The van der Waals surface area contributed by atoms with Crippen LogP contribution in [0, 0.1) is 12.8 Å². The van der Waals surface area contributed by atoms with Gasteiger partial charge in [0.25, 0.3) is 0 Å². The monoisotopic (exact) mass is 333 g/mol. The minimum Gasteiger partial charge on any atom is -0.371 e. The molecule has 2 N–H and O–H groups in total. The van der Waals surface area contributed by atoms with E-state index in [0.29, 0.717) is 5.92 Å². The van der Waals surface area contributed by atoms with E-state index in [1.165, 1.54) is 36.1 Å². The van der Waals surface area contributed by atoms with E-state index in [1.54, 1.807) is 0 Å². The van der Waals surface area contributed by atoms with Gasteiger partial charge in [0.05, 0.1) is 23.5 Å². The highest BCUT2D eigenvalue weighted by Crippen LogP contribution is 2.42. The Kier molecular flexibility index (Phi) is 4.24. The molecule has 130 valence electrons. The van der Waals surface area contributed by atoms with Crippen LogP contribution in [0.3, 0.4) is 0 Å². The highest BCUT2D eigenvalue weighted by molar-refractivity contribution is 6.09. The van der Waals surface area contributed by atoms with E-state index in [2.05, 4.69) is 73.0 Å². The van der Waals surface area contributed by atoms with E-state index in [0.717, 1.165) is 24.5 Å². The number of hydrogen-bond acceptors (Lipinski definition) is 2. The first-order valence-corrected chi connectivity index (χ1v) is 9.42. The average Bonchev–Trinajstić information content (AvgIpc) is 2.64. The summed E-state index contributed by atoms with van der Waals surface area (Å²) in [5.41, 5.74) is 4.83. The van der Waals surface area contributed by atoms with Crippen LogP contribution in [0.15, 0.2) is 53.5 Å². The maximum atomic E-state index is 5.05. The summed E-state index contributed by atoms with van der Waals surface area (Å²) in [4.78, 5) is 5.05. The third-order valence-corrected chi connectivity index (χ3v) is 5.80. The lowest BCUT2D eigenvalue weighted by atomic mass is 9.71. The molecule has 1 saturated carbocycles. The van der Waals surface area contributed by atoms with E-state index in [1.807, 2.05) is 0 Å². The zero-order valence-corrected chi connectivity index (χ0v) is 15.2. The van der Waals surface area contributed by atoms with Gasteiger partial charge >= 0.3 is 0 Å². The number of benzene rings is 2. The fourth-order valence-corrected chi connectivity index (χ4v) is 4.17. The molecule has 3 heteroatoms. The summed E-state index contributed by atoms with van der Waals surface area (Å²) in [7, 11) is 0. The molecule has 1 aliphatic heterocycles. The van der Waals surface area contributed by atoms with Crippen LogP contribution in [-0.2, 0) is 6.54 Å². The first-order valence-electron chi connectivity index (χ1n) is 9.42. The Morgan fingerprint density at radius 1 is 1.04 bits per heavy atom. The Hall–Kier alpha value is -2.29. The topological polar surface area (TPSA) is 36.4 Å². The summed E-state index contributed by atoms with van der Waals surface area (Å²) in [5.74, 6) is 1.68. The van der Waals surface area contributed by atoms with Crippen molar-refractivity contribution < 1.29 is 0 Å². The highest BCUT2D eigenvalue weighted by Gasteiger charge is 2.45. The van der Waals surface area contributed by atoms with E-state index < -0.39 is 0 Å². The third-order valence-electron chi connectivity index (χ3n) is 5.80. The van der Waals surface area contributed by atoms with Crippen molar-refractivity contribution in [3.8, 4) is 0 Å². The second-order valence-corrected chi connectivity index (χ2v) is 7.56. The zero-order valence-electron chi connectivity index (χ0n) is 15.2. The number of fused-ring (bicyclic) bond motifs is 1. The van der Waals surface area contributed by atoms with Gasteiger partial charge in [-0.05, 0) is 43.4 Å². The predicted molar refractivity (Wildman–Crippen MR) is 106 cm³/mol. The summed E-state index contributed by atoms with van der Waals surface area (Å²) in [6.07, 6.45) is 4.96. The van der Waals surface area contributed by atoms with Gasteiger partial charge in [0.1, 0.15) is 5.84 Å². The Bertz CT molecular complexity index is 778. The molecule has 0 bridgehead atoms. The van der Waals surface area contributed by atoms with Crippen LogP contribution in [0.25, 0.3) is 0 Å². The largest absolute Gasteiger partial charge is 0.371 e. The van der Waals surface area contributed by atoms with Crippen LogP contribution in [0.2, 0.25) is 0 Å². The number of hydrogen-bond donors (Lipinski definition) is 2. The minimum atomic E-state index is -0.0582. The van der Waals surface area contributed by atoms with Crippen molar-refractivity contribution in [1.29, 1.82) is 0 Å². The Labute approximate surface area is 150 Å². The number of para-hydroxylation sites is 2. The Morgan fingerprint density at radius 2 is 1.80 bits per heavy atom. The fourth-order valence-electron chi connectivity index (χ4n) is 4.17. The average molecular weight is 333 g/mol. The molecule has 0 radical (unpaired) electrons. The lowest BCUT2D eigenvalue weighted by molar-refractivity contribution is 0.296. The van der Waals surface area contributed by atoms with Crippen molar-refractivity contribution in [2.75, 3.05) is 10.6 Å². The summed E-state index contributed by atoms with van der Waals surface area (Å²) in [6, 6.07) is 17.2. The van der Waals surface area contributed by atoms with Gasteiger partial charge in [-0.2, -0.15) is 0 Å². The normalized spacial score (nSPS) is 26.8. The molecule has 2 aromatic carbocycles. The molecule has 1 spiro atoms. The number of amidine groups is 1. The quantitative estimate of drug-likeness (QED) is 0.774. The van der Waals surface area contributed by atoms with Gasteiger partial charge in [0, 0.05) is 0 Å². The summed E-state index contributed by atoms with van der Waals surface area (Å²) in [5, 5.41) is 7.52. The van der Waals surface area contributed by atoms with Crippen molar-refractivity contribution in [3.63, 3.8) is 0 Å². The number of rotatable bonds is 2. The first kappa shape index (κ1) is 16.2. The second-order valence-electron chi connectivity index (χ2n) is 7.56. The van der Waals surface area contributed by atoms with Crippen molar-refractivity contribution in [2.45, 2.75) is 51.6 Å². The van der Waals surface area contributed by atoms with Crippen LogP contribution in [0.5, 0.6) is 0 Å². The molecule has 4 rings (SSSR count). The molecule has 1 fully saturated rings. The number of aliphatic imine (C=N–C) groups is 1. The molecule has 2 atom stereocenters. The SMILES string of the molecule is Cc1ccc(CN=C2Nc3ccccc3NC23CCCCC3C)cc1. The Balaban J connectivity index is 1.69. The molecule has 1 aliphatic carbocycles. The molecule has 3 nitrogen and oxygen atoms in total. The van der Waals surface area contributed by atoms with Crippen molar-refractivity contribution in [3.05, 3.63) is 59.7 Å². The number of anilines is 2.